The topological polar surface area (TPSA) is 69.7 Å². The first-order valence-corrected chi connectivity index (χ1v) is 14.9. The number of allylic oxidation sites excluding steroid dienone is 3. The molecule has 0 amide bonds. The highest BCUT2D eigenvalue weighted by atomic mass is 16.5. The fraction of sp³-hybridized carbons (Fsp3) is 0.457. The van der Waals surface area contributed by atoms with Crippen molar-refractivity contribution in [3.05, 3.63) is 84.0 Å². The highest BCUT2D eigenvalue weighted by Gasteiger charge is 2.38. The van der Waals surface area contributed by atoms with Crippen LogP contribution in [0.5, 0.6) is 5.75 Å². The zero-order valence-corrected chi connectivity index (χ0v) is 24.3. The standard InChI is InChI=1S/C35H44O5/c1-4-6-8-9-14-24-35(25-22-29(23-26-35)28-15-12-10-13-16-28)34(38)40-31-20-18-30(19-21-31)33(37)27(3)39-32(36)17-11-7-5-2/h10,12-13,15-16,18-23,25,27H,4-9,11,14,17,24,26H2,1-3H3. The lowest BCUT2D eigenvalue weighted by Crippen LogP contribution is -2.34. The number of benzene rings is 2. The maximum Gasteiger partial charge on any atom is 0.321 e. The van der Waals surface area contributed by atoms with Gasteiger partial charge in [0.15, 0.2) is 6.10 Å². The van der Waals surface area contributed by atoms with Crippen molar-refractivity contribution in [1.29, 1.82) is 0 Å². The van der Waals surface area contributed by atoms with Gasteiger partial charge < -0.3 is 9.47 Å². The van der Waals surface area contributed by atoms with Gasteiger partial charge in [0.2, 0.25) is 5.78 Å². The molecule has 2 aromatic carbocycles. The second-order valence-electron chi connectivity index (χ2n) is 10.8. The summed E-state index contributed by atoms with van der Waals surface area (Å²) in [5.41, 5.74) is 1.93. The van der Waals surface area contributed by atoms with Gasteiger partial charge in [-0.05, 0) is 61.6 Å². The Labute approximate surface area is 239 Å². The number of Topliss-reactive ketones (excluding diaryl/α,β-unsaturated/α-hetero) is 1. The van der Waals surface area contributed by atoms with Crippen molar-refractivity contribution in [3.63, 3.8) is 0 Å². The van der Waals surface area contributed by atoms with E-state index in [1.54, 1.807) is 31.2 Å². The van der Waals surface area contributed by atoms with E-state index in [-0.39, 0.29) is 17.7 Å². The Kier molecular flexibility index (Phi) is 12.4. The Hall–Kier alpha value is -3.47. The monoisotopic (exact) mass is 544 g/mol. The predicted molar refractivity (Wildman–Crippen MR) is 160 cm³/mol. The lowest BCUT2D eigenvalue weighted by atomic mass is 9.75. The molecule has 214 valence electrons. The molecule has 0 N–H and O–H groups in total. The van der Waals surface area contributed by atoms with Crippen molar-refractivity contribution in [3.8, 4) is 5.75 Å². The summed E-state index contributed by atoms with van der Waals surface area (Å²) in [6, 6.07) is 16.7. The summed E-state index contributed by atoms with van der Waals surface area (Å²) < 4.78 is 11.2. The molecule has 3 rings (SSSR count). The molecule has 0 radical (unpaired) electrons. The minimum atomic E-state index is -0.864. The van der Waals surface area contributed by atoms with Crippen LogP contribution in [-0.4, -0.2) is 23.8 Å². The maximum atomic E-state index is 13.6. The minimum absolute atomic E-state index is 0.279. The van der Waals surface area contributed by atoms with E-state index < -0.39 is 11.5 Å². The van der Waals surface area contributed by atoms with E-state index in [9.17, 15) is 14.4 Å². The van der Waals surface area contributed by atoms with E-state index >= 15 is 0 Å². The number of esters is 2. The maximum absolute atomic E-state index is 13.6. The van der Waals surface area contributed by atoms with Crippen LogP contribution >= 0.6 is 0 Å². The number of carbonyl (C=O) groups excluding carboxylic acids is 3. The number of rotatable bonds is 16. The van der Waals surface area contributed by atoms with Crippen molar-refractivity contribution in [2.45, 2.75) is 97.5 Å². The lowest BCUT2D eigenvalue weighted by molar-refractivity contribution is -0.146. The Morgan fingerprint density at radius 1 is 0.850 bits per heavy atom. The first-order valence-electron chi connectivity index (χ1n) is 14.9. The summed E-state index contributed by atoms with van der Waals surface area (Å²) in [4.78, 5) is 38.4. The van der Waals surface area contributed by atoms with Gasteiger partial charge in [0, 0.05) is 12.0 Å². The van der Waals surface area contributed by atoms with Gasteiger partial charge in [0.1, 0.15) is 5.75 Å². The van der Waals surface area contributed by atoms with Crippen LogP contribution in [0.4, 0.5) is 0 Å². The van der Waals surface area contributed by atoms with Gasteiger partial charge in [-0.15, -0.1) is 0 Å². The molecule has 0 spiro atoms. The Balaban J connectivity index is 1.65. The summed E-state index contributed by atoms with van der Waals surface area (Å²) >= 11 is 0. The Morgan fingerprint density at radius 2 is 1.52 bits per heavy atom. The fourth-order valence-corrected chi connectivity index (χ4v) is 4.96. The summed E-state index contributed by atoms with van der Waals surface area (Å²) in [6.07, 6.45) is 15.3. The van der Waals surface area contributed by atoms with Crippen LogP contribution in [-0.2, 0) is 14.3 Å². The number of ketones is 1. The van der Waals surface area contributed by atoms with E-state index in [2.05, 4.69) is 32.1 Å². The van der Waals surface area contributed by atoms with E-state index in [0.29, 0.717) is 24.2 Å². The normalized spacial score (nSPS) is 17.1. The highest BCUT2D eigenvalue weighted by molar-refractivity contribution is 6.00. The van der Waals surface area contributed by atoms with Crippen molar-refractivity contribution < 1.29 is 23.9 Å². The van der Waals surface area contributed by atoms with Crippen molar-refractivity contribution >= 4 is 23.3 Å². The van der Waals surface area contributed by atoms with Crippen LogP contribution in [0.25, 0.3) is 5.57 Å². The van der Waals surface area contributed by atoms with Crippen LogP contribution in [0.15, 0.2) is 72.8 Å². The summed E-state index contributed by atoms with van der Waals surface area (Å²) in [5.74, 6) is -0.526. The van der Waals surface area contributed by atoms with E-state index in [0.717, 1.165) is 49.7 Å². The molecular weight excluding hydrogens is 500 g/mol. The number of ether oxygens (including phenoxy) is 2. The molecule has 1 aliphatic carbocycles. The molecule has 0 aromatic heterocycles. The summed E-state index contributed by atoms with van der Waals surface area (Å²) in [5, 5.41) is 0. The van der Waals surface area contributed by atoms with Crippen LogP contribution in [0.2, 0.25) is 0 Å². The molecule has 2 aromatic rings. The van der Waals surface area contributed by atoms with E-state index in [1.807, 2.05) is 30.4 Å². The van der Waals surface area contributed by atoms with Crippen LogP contribution in [0.3, 0.4) is 0 Å². The number of hydrogen-bond donors (Lipinski definition) is 0. The number of unbranched alkanes of at least 4 members (excludes halogenated alkanes) is 6. The van der Waals surface area contributed by atoms with Crippen molar-refractivity contribution in [2.24, 2.45) is 5.41 Å². The third kappa shape index (κ3) is 9.04. The van der Waals surface area contributed by atoms with Crippen molar-refractivity contribution in [2.75, 3.05) is 0 Å². The van der Waals surface area contributed by atoms with Gasteiger partial charge in [-0.1, -0.05) is 107 Å². The number of hydrogen-bond acceptors (Lipinski definition) is 5. The highest BCUT2D eigenvalue weighted by Crippen LogP contribution is 2.39. The molecule has 5 nitrogen and oxygen atoms in total. The third-order valence-electron chi connectivity index (χ3n) is 7.52. The zero-order valence-electron chi connectivity index (χ0n) is 24.3. The zero-order chi connectivity index (χ0) is 28.8. The van der Waals surface area contributed by atoms with Crippen molar-refractivity contribution in [1.82, 2.24) is 0 Å². The second-order valence-corrected chi connectivity index (χ2v) is 10.8. The van der Waals surface area contributed by atoms with Crippen LogP contribution in [0.1, 0.15) is 107 Å². The second kappa shape index (κ2) is 16.0. The quantitative estimate of drug-likeness (QED) is 0.0915. The molecule has 0 aliphatic heterocycles. The Morgan fingerprint density at radius 3 is 2.17 bits per heavy atom. The molecule has 40 heavy (non-hydrogen) atoms. The molecule has 0 saturated heterocycles. The van der Waals surface area contributed by atoms with Gasteiger partial charge in [-0.3, -0.25) is 14.4 Å². The summed E-state index contributed by atoms with van der Waals surface area (Å²) in [6.45, 7) is 5.85. The molecule has 1 aliphatic rings. The smallest absolute Gasteiger partial charge is 0.321 e. The average Bonchev–Trinajstić information content (AvgIpc) is 2.98. The first-order chi connectivity index (χ1) is 19.4. The van der Waals surface area contributed by atoms with Gasteiger partial charge in [-0.25, -0.2) is 0 Å². The van der Waals surface area contributed by atoms with Gasteiger partial charge in [0.25, 0.3) is 0 Å². The third-order valence-corrected chi connectivity index (χ3v) is 7.52. The SMILES string of the molecule is CCCCCCCC1(C(=O)Oc2ccc(C(=O)C(C)OC(=O)CCCCC)cc2)C=CC(c2ccccc2)=CC1. The van der Waals surface area contributed by atoms with E-state index in [1.165, 1.54) is 19.3 Å². The molecular formula is C35H44O5. The van der Waals surface area contributed by atoms with Gasteiger partial charge >= 0.3 is 11.9 Å². The minimum Gasteiger partial charge on any atom is -0.454 e. The number of carbonyl (C=O) groups is 3. The lowest BCUT2D eigenvalue weighted by Gasteiger charge is -2.30. The molecule has 0 heterocycles. The van der Waals surface area contributed by atoms with Gasteiger partial charge in [0.05, 0.1) is 5.41 Å². The van der Waals surface area contributed by atoms with Gasteiger partial charge in [-0.2, -0.15) is 0 Å². The molecule has 2 unspecified atom stereocenters. The predicted octanol–water partition coefficient (Wildman–Crippen LogP) is 8.68. The Bertz CT molecular complexity index is 1160. The summed E-state index contributed by atoms with van der Waals surface area (Å²) in [7, 11) is 0. The average molecular weight is 545 g/mol. The molecule has 0 saturated carbocycles. The van der Waals surface area contributed by atoms with Crippen LogP contribution in [0, 0.1) is 5.41 Å². The molecule has 0 fully saturated rings. The molecule has 2 atom stereocenters. The largest absolute Gasteiger partial charge is 0.454 e. The molecule has 5 heteroatoms. The molecule has 0 bridgehead atoms. The van der Waals surface area contributed by atoms with Crippen LogP contribution < -0.4 is 4.74 Å². The van der Waals surface area contributed by atoms with E-state index in [4.69, 9.17) is 9.47 Å². The first kappa shape index (κ1) is 31.1. The fourth-order valence-electron chi connectivity index (χ4n) is 4.96.